The van der Waals surface area contributed by atoms with Crippen LogP contribution in [0.4, 0.5) is 0 Å². The topological polar surface area (TPSA) is 33.6 Å². The van der Waals surface area contributed by atoms with Crippen molar-refractivity contribution in [3.8, 4) is 0 Å². The second-order valence-corrected chi connectivity index (χ2v) is 2.32. The first kappa shape index (κ1) is 5.56. The lowest BCUT2D eigenvalue weighted by Crippen LogP contribution is -2.55. The van der Waals surface area contributed by atoms with E-state index >= 15 is 0 Å². The van der Waals surface area contributed by atoms with Crippen LogP contribution < -0.4 is 5.43 Å². The Morgan fingerprint density at radius 2 is 2.38 bits per heavy atom. The summed E-state index contributed by atoms with van der Waals surface area (Å²) in [5.74, 6) is 0. The van der Waals surface area contributed by atoms with Gasteiger partial charge in [0.15, 0.2) is 0 Å². The Balaban J connectivity index is 2.29. The molecule has 1 heterocycles. The molecule has 1 N–H and O–H groups in total. The van der Waals surface area contributed by atoms with Crippen LogP contribution in [0, 0.1) is 0 Å². The van der Waals surface area contributed by atoms with Gasteiger partial charge in [0.25, 0.3) is 0 Å². The average molecular weight is 114 g/mol. The maximum atomic E-state index is 4.94. The molecule has 0 radical (unpaired) electrons. The molecule has 46 valence electrons. The molecule has 1 fully saturated rings. The lowest BCUT2D eigenvalue weighted by molar-refractivity contribution is -0.0634. The number of nitrogens with zero attached hydrogens (tertiary/aromatic N) is 1. The third-order valence-corrected chi connectivity index (χ3v) is 1.19. The Morgan fingerprint density at radius 1 is 1.75 bits per heavy atom. The summed E-state index contributed by atoms with van der Waals surface area (Å²) >= 11 is 0. The molecule has 0 unspecified atom stereocenters. The average Bonchev–Trinajstić information content (AvgIpc) is 1.64. The predicted molar refractivity (Wildman–Crippen MR) is 31.9 cm³/mol. The molecule has 3 heteroatoms. The summed E-state index contributed by atoms with van der Waals surface area (Å²) < 4.78 is 4.94. The molecular weight excluding hydrogens is 104 g/mol. The molecule has 1 aliphatic heterocycles. The third-order valence-electron chi connectivity index (χ3n) is 1.19. The van der Waals surface area contributed by atoms with Gasteiger partial charge in [0.1, 0.15) is 0 Å². The Labute approximate surface area is 48.7 Å². The van der Waals surface area contributed by atoms with E-state index in [-0.39, 0.29) is 5.54 Å². The zero-order valence-corrected chi connectivity index (χ0v) is 4.98. The molecule has 0 atom stereocenters. The first-order valence-electron chi connectivity index (χ1n) is 2.57. The van der Waals surface area contributed by atoms with Crippen LogP contribution in [-0.2, 0) is 4.74 Å². The van der Waals surface area contributed by atoms with Gasteiger partial charge in [-0.1, -0.05) is 0 Å². The Hall–Kier alpha value is -0.570. The van der Waals surface area contributed by atoms with Gasteiger partial charge in [0.05, 0.1) is 18.8 Å². The number of ether oxygens (including phenoxy) is 1. The third kappa shape index (κ3) is 0.816. The van der Waals surface area contributed by atoms with Gasteiger partial charge < -0.3 is 10.2 Å². The van der Waals surface area contributed by atoms with Crippen molar-refractivity contribution in [1.29, 1.82) is 0 Å². The highest BCUT2D eigenvalue weighted by Crippen LogP contribution is 2.14. The summed E-state index contributed by atoms with van der Waals surface area (Å²) in [4.78, 5) is 0. The van der Waals surface area contributed by atoms with E-state index in [0.29, 0.717) is 0 Å². The van der Waals surface area contributed by atoms with Crippen molar-refractivity contribution < 1.29 is 4.74 Å². The van der Waals surface area contributed by atoms with Crippen LogP contribution in [0.1, 0.15) is 6.92 Å². The van der Waals surface area contributed by atoms with E-state index in [9.17, 15) is 0 Å². The molecule has 1 rings (SSSR count). The van der Waals surface area contributed by atoms with Crippen LogP contribution in [0.25, 0.3) is 0 Å². The van der Waals surface area contributed by atoms with Crippen LogP contribution in [-0.4, -0.2) is 25.5 Å². The van der Waals surface area contributed by atoms with E-state index in [1.807, 2.05) is 6.92 Å². The van der Waals surface area contributed by atoms with Crippen molar-refractivity contribution in [3.05, 3.63) is 0 Å². The van der Waals surface area contributed by atoms with Crippen LogP contribution in [0.3, 0.4) is 0 Å². The largest absolute Gasteiger partial charge is 0.376 e. The molecular formula is C5H10N2O. The van der Waals surface area contributed by atoms with Gasteiger partial charge >= 0.3 is 0 Å². The normalized spacial score (nSPS) is 23.6. The monoisotopic (exact) mass is 114 g/mol. The summed E-state index contributed by atoms with van der Waals surface area (Å²) in [5, 5.41) is 3.55. The quantitative estimate of drug-likeness (QED) is 0.404. The van der Waals surface area contributed by atoms with Crippen molar-refractivity contribution >= 4 is 6.72 Å². The van der Waals surface area contributed by atoms with Crippen LogP contribution in [0.2, 0.25) is 0 Å². The van der Waals surface area contributed by atoms with Crippen molar-refractivity contribution in [2.75, 3.05) is 13.2 Å². The fraction of sp³-hybridized carbons (Fsp3) is 0.800. The van der Waals surface area contributed by atoms with Gasteiger partial charge in [-0.05, 0) is 6.92 Å². The molecule has 1 saturated heterocycles. The Bertz CT molecular complexity index is 98.6. The predicted octanol–water partition coefficient (Wildman–Crippen LogP) is -0.0195. The molecule has 0 amide bonds. The van der Waals surface area contributed by atoms with E-state index < -0.39 is 0 Å². The molecule has 1 aliphatic rings. The minimum atomic E-state index is 0.0712. The zero-order chi connectivity index (χ0) is 6.04. The summed E-state index contributed by atoms with van der Waals surface area (Å²) in [6.45, 7) is 6.84. The van der Waals surface area contributed by atoms with E-state index in [1.165, 1.54) is 0 Å². The summed E-state index contributed by atoms with van der Waals surface area (Å²) in [5.41, 5.74) is 2.92. The SMILES string of the molecule is C=NNC1(C)COC1. The molecule has 0 bridgehead atoms. The van der Waals surface area contributed by atoms with Crippen LogP contribution in [0.5, 0.6) is 0 Å². The fourth-order valence-electron chi connectivity index (χ4n) is 0.664. The van der Waals surface area contributed by atoms with E-state index in [4.69, 9.17) is 4.74 Å². The highest BCUT2D eigenvalue weighted by atomic mass is 16.5. The lowest BCUT2D eigenvalue weighted by Gasteiger charge is -2.37. The molecule has 0 spiro atoms. The van der Waals surface area contributed by atoms with E-state index in [1.54, 1.807) is 0 Å². The number of hydrogen-bond acceptors (Lipinski definition) is 3. The van der Waals surface area contributed by atoms with Gasteiger partial charge in [-0.15, -0.1) is 0 Å². The summed E-state index contributed by atoms with van der Waals surface area (Å²) in [6, 6.07) is 0. The molecule has 0 aromatic rings. The first-order valence-corrected chi connectivity index (χ1v) is 2.57. The molecule has 0 saturated carbocycles. The van der Waals surface area contributed by atoms with Gasteiger partial charge in [0, 0.05) is 6.72 Å². The van der Waals surface area contributed by atoms with Gasteiger partial charge in [-0.2, -0.15) is 5.10 Å². The molecule has 0 aromatic carbocycles. The lowest BCUT2D eigenvalue weighted by atomic mass is 10.0. The van der Waals surface area contributed by atoms with Crippen molar-refractivity contribution in [2.24, 2.45) is 5.10 Å². The Morgan fingerprint density at radius 3 is 2.50 bits per heavy atom. The number of rotatable bonds is 2. The Kier molecular flexibility index (Phi) is 1.21. The number of nitrogens with one attached hydrogen (secondary N) is 1. The minimum absolute atomic E-state index is 0.0712. The maximum Gasteiger partial charge on any atom is 0.0985 e. The molecule has 3 nitrogen and oxygen atoms in total. The van der Waals surface area contributed by atoms with Crippen molar-refractivity contribution in [1.82, 2.24) is 5.43 Å². The molecule has 8 heavy (non-hydrogen) atoms. The molecule has 0 aromatic heterocycles. The summed E-state index contributed by atoms with van der Waals surface area (Å²) in [7, 11) is 0. The van der Waals surface area contributed by atoms with Gasteiger partial charge in [0.2, 0.25) is 0 Å². The first-order chi connectivity index (χ1) is 3.77. The van der Waals surface area contributed by atoms with Crippen LogP contribution >= 0.6 is 0 Å². The minimum Gasteiger partial charge on any atom is -0.376 e. The second-order valence-electron chi connectivity index (χ2n) is 2.32. The number of hydrazone groups is 1. The van der Waals surface area contributed by atoms with Gasteiger partial charge in [-0.3, -0.25) is 0 Å². The smallest absolute Gasteiger partial charge is 0.0985 e. The maximum absolute atomic E-state index is 4.94. The van der Waals surface area contributed by atoms with Crippen LogP contribution in [0.15, 0.2) is 5.10 Å². The second kappa shape index (κ2) is 1.74. The standard InChI is InChI=1S/C5H10N2O/c1-5(7-6-2)3-8-4-5/h7H,2-4H2,1H3. The number of hydrogen-bond donors (Lipinski definition) is 1. The van der Waals surface area contributed by atoms with Gasteiger partial charge in [-0.25, -0.2) is 0 Å². The molecule has 0 aliphatic carbocycles. The zero-order valence-electron chi connectivity index (χ0n) is 4.98. The van der Waals surface area contributed by atoms with E-state index in [2.05, 4.69) is 17.2 Å². The fourth-order valence-corrected chi connectivity index (χ4v) is 0.664. The highest BCUT2D eigenvalue weighted by Gasteiger charge is 2.32. The van der Waals surface area contributed by atoms with E-state index in [0.717, 1.165) is 13.2 Å². The van der Waals surface area contributed by atoms with Crippen molar-refractivity contribution in [2.45, 2.75) is 12.5 Å². The summed E-state index contributed by atoms with van der Waals surface area (Å²) in [6.07, 6.45) is 0. The van der Waals surface area contributed by atoms with Crippen molar-refractivity contribution in [3.63, 3.8) is 0 Å². The highest BCUT2D eigenvalue weighted by molar-refractivity contribution is 5.22.